The molecule has 0 aromatic rings. The molecule has 0 saturated carbocycles. The lowest BCUT2D eigenvalue weighted by molar-refractivity contribution is 0.486. The number of nitrogens with two attached hydrogens (primary N) is 1. The Morgan fingerprint density at radius 2 is 2.12 bits per heavy atom. The summed E-state index contributed by atoms with van der Waals surface area (Å²) < 4.78 is 27.7. The molecule has 0 aliphatic heterocycles. The third kappa shape index (κ3) is 5.45. The Bertz CT molecular complexity index is 169. The minimum absolute atomic E-state index is 0.413. The summed E-state index contributed by atoms with van der Waals surface area (Å²) in [4.78, 5) is 0. The molecule has 0 aromatic carbocycles. The Balaban J connectivity index is 3.76. The standard InChI is InChI=1S/C3H7NO3S/c4-2-1-3-8(5,6)7/h1-2H,3-4H2,(H,5,6,7). The van der Waals surface area contributed by atoms with Crippen LogP contribution in [-0.4, -0.2) is 18.7 Å². The SMILES string of the molecule is NC=CCS(=O)(=O)O. The van der Waals surface area contributed by atoms with E-state index in [9.17, 15) is 8.42 Å². The van der Waals surface area contributed by atoms with Crippen LogP contribution in [0.2, 0.25) is 0 Å². The zero-order valence-electron chi connectivity index (χ0n) is 4.11. The molecule has 0 bridgehead atoms. The van der Waals surface area contributed by atoms with E-state index in [-0.39, 0.29) is 0 Å². The van der Waals surface area contributed by atoms with Gasteiger partial charge < -0.3 is 5.73 Å². The zero-order chi connectivity index (χ0) is 6.62. The number of hydrogen-bond acceptors (Lipinski definition) is 3. The second kappa shape index (κ2) is 2.68. The first-order valence-corrected chi connectivity index (χ1v) is 3.49. The van der Waals surface area contributed by atoms with Crippen molar-refractivity contribution in [3.63, 3.8) is 0 Å². The van der Waals surface area contributed by atoms with Gasteiger partial charge in [-0.3, -0.25) is 4.55 Å². The average molecular weight is 137 g/mol. The highest BCUT2D eigenvalue weighted by Crippen LogP contribution is 1.79. The van der Waals surface area contributed by atoms with Gasteiger partial charge in [0.1, 0.15) is 0 Å². The fourth-order valence-electron chi connectivity index (χ4n) is 0.177. The number of rotatable bonds is 2. The van der Waals surface area contributed by atoms with Gasteiger partial charge in [-0.05, 0) is 6.20 Å². The molecule has 48 valence electrons. The normalized spacial score (nSPS) is 12.6. The molecule has 0 atom stereocenters. The van der Waals surface area contributed by atoms with Gasteiger partial charge in [-0.2, -0.15) is 8.42 Å². The Labute approximate surface area is 47.7 Å². The van der Waals surface area contributed by atoms with Crippen molar-refractivity contribution in [2.75, 3.05) is 5.75 Å². The minimum atomic E-state index is -3.85. The molecule has 0 unspecified atom stereocenters. The monoisotopic (exact) mass is 137 g/mol. The highest BCUT2D eigenvalue weighted by atomic mass is 32.2. The van der Waals surface area contributed by atoms with E-state index < -0.39 is 15.9 Å². The molecule has 0 heterocycles. The molecule has 0 fully saturated rings. The van der Waals surface area contributed by atoms with Gasteiger partial charge in [-0.25, -0.2) is 0 Å². The lowest BCUT2D eigenvalue weighted by atomic mass is 10.7. The van der Waals surface area contributed by atoms with Gasteiger partial charge in [0.05, 0.1) is 5.75 Å². The molecule has 0 aliphatic carbocycles. The number of hydrogen-bond donors (Lipinski definition) is 2. The first-order valence-electron chi connectivity index (χ1n) is 1.88. The molecule has 4 nitrogen and oxygen atoms in total. The lowest BCUT2D eigenvalue weighted by Crippen LogP contribution is -2.00. The summed E-state index contributed by atoms with van der Waals surface area (Å²) in [6.45, 7) is 0. The second-order valence-corrected chi connectivity index (χ2v) is 2.67. The van der Waals surface area contributed by atoms with Crippen LogP contribution in [0.4, 0.5) is 0 Å². The van der Waals surface area contributed by atoms with Gasteiger partial charge in [0.15, 0.2) is 0 Å². The van der Waals surface area contributed by atoms with Gasteiger partial charge >= 0.3 is 0 Å². The molecular formula is C3H7NO3S. The van der Waals surface area contributed by atoms with E-state index in [4.69, 9.17) is 10.3 Å². The van der Waals surface area contributed by atoms with Gasteiger partial charge in [-0.1, -0.05) is 6.08 Å². The van der Waals surface area contributed by atoms with Crippen LogP contribution in [0.1, 0.15) is 0 Å². The van der Waals surface area contributed by atoms with E-state index in [2.05, 4.69) is 0 Å². The summed E-state index contributed by atoms with van der Waals surface area (Å²) in [7, 11) is -3.85. The van der Waals surface area contributed by atoms with Crippen molar-refractivity contribution in [3.8, 4) is 0 Å². The van der Waals surface area contributed by atoms with Crippen molar-refractivity contribution in [1.82, 2.24) is 0 Å². The molecule has 0 amide bonds. The largest absolute Gasteiger partial charge is 0.405 e. The van der Waals surface area contributed by atoms with Crippen molar-refractivity contribution in [2.45, 2.75) is 0 Å². The molecule has 5 heteroatoms. The van der Waals surface area contributed by atoms with E-state index in [1.165, 1.54) is 0 Å². The summed E-state index contributed by atoms with van der Waals surface area (Å²) in [6, 6.07) is 0. The van der Waals surface area contributed by atoms with Crippen LogP contribution in [0.5, 0.6) is 0 Å². The van der Waals surface area contributed by atoms with Crippen molar-refractivity contribution in [1.29, 1.82) is 0 Å². The highest BCUT2D eigenvalue weighted by molar-refractivity contribution is 7.85. The summed E-state index contributed by atoms with van der Waals surface area (Å²) in [5, 5.41) is 0. The van der Waals surface area contributed by atoms with Crippen LogP contribution in [0.25, 0.3) is 0 Å². The van der Waals surface area contributed by atoms with Crippen molar-refractivity contribution in [3.05, 3.63) is 12.3 Å². The molecule has 0 radical (unpaired) electrons. The van der Waals surface area contributed by atoms with E-state index in [1.54, 1.807) is 0 Å². The van der Waals surface area contributed by atoms with E-state index in [0.717, 1.165) is 12.3 Å². The third-order valence-corrected chi connectivity index (χ3v) is 1.06. The smallest absolute Gasteiger partial charge is 0.268 e. The van der Waals surface area contributed by atoms with Crippen LogP contribution < -0.4 is 5.73 Å². The minimum Gasteiger partial charge on any atom is -0.405 e. The predicted octanol–water partition coefficient (Wildman–Crippen LogP) is -0.653. The van der Waals surface area contributed by atoms with E-state index >= 15 is 0 Å². The second-order valence-electron chi connectivity index (χ2n) is 1.18. The van der Waals surface area contributed by atoms with Gasteiger partial charge in [0, 0.05) is 0 Å². The van der Waals surface area contributed by atoms with Crippen LogP contribution in [0, 0.1) is 0 Å². The van der Waals surface area contributed by atoms with Gasteiger partial charge in [-0.15, -0.1) is 0 Å². The summed E-state index contributed by atoms with van der Waals surface area (Å²) >= 11 is 0. The Kier molecular flexibility index (Phi) is 2.50. The molecule has 0 aliphatic rings. The molecule has 0 rings (SSSR count). The maximum Gasteiger partial charge on any atom is 0.268 e. The van der Waals surface area contributed by atoms with Crippen LogP contribution >= 0.6 is 0 Å². The first-order chi connectivity index (χ1) is 3.56. The highest BCUT2D eigenvalue weighted by Gasteiger charge is 1.96. The van der Waals surface area contributed by atoms with E-state index in [0.29, 0.717) is 0 Å². The van der Waals surface area contributed by atoms with Gasteiger partial charge in [0.25, 0.3) is 10.1 Å². The molecule has 0 aromatic heterocycles. The van der Waals surface area contributed by atoms with Crippen LogP contribution in [0.3, 0.4) is 0 Å². The molecule has 3 N–H and O–H groups in total. The molecular weight excluding hydrogens is 130 g/mol. The first kappa shape index (κ1) is 7.45. The molecule has 0 saturated heterocycles. The summed E-state index contributed by atoms with van der Waals surface area (Å²) in [6.07, 6.45) is 2.21. The Morgan fingerprint density at radius 3 is 2.25 bits per heavy atom. The Morgan fingerprint density at radius 1 is 1.62 bits per heavy atom. The average Bonchev–Trinajstić information content (AvgIpc) is 1.59. The molecule has 0 spiro atoms. The fraction of sp³-hybridized carbons (Fsp3) is 0.333. The summed E-state index contributed by atoms with van der Waals surface area (Å²) in [5.74, 6) is -0.413. The maximum atomic E-state index is 9.84. The van der Waals surface area contributed by atoms with Crippen LogP contribution in [0.15, 0.2) is 12.3 Å². The lowest BCUT2D eigenvalue weighted by Gasteiger charge is -1.83. The van der Waals surface area contributed by atoms with Crippen molar-refractivity contribution < 1.29 is 13.0 Å². The predicted molar refractivity (Wildman–Crippen MR) is 29.7 cm³/mol. The van der Waals surface area contributed by atoms with Crippen molar-refractivity contribution >= 4 is 10.1 Å². The van der Waals surface area contributed by atoms with Gasteiger partial charge in [0.2, 0.25) is 0 Å². The summed E-state index contributed by atoms with van der Waals surface area (Å²) in [5.41, 5.74) is 4.78. The zero-order valence-corrected chi connectivity index (χ0v) is 4.93. The van der Waals surface area contributed by atoms with Crippen molar-refractivity contribution in [2.24, 2.45) is 5.73 Å². The van der Waals surface area contributed by atoms with Crippen LogP contribution in [-0.2, 0) is 10.1 Å². The van der Waals surface area contributed by atoms with E-state index in [1.807, 2.05) is 0 Å². The quantitative estimate of drug-likeness (QED) is 0.495. The third-order valence-electron chi connectivity index (χ3n) is 0.443. The molecule has 8 heavy (non-hydrogen) atoms. The topological polar surface area (TPSA) is 80.4 Å². The fourth-order valence-corrected chi connectivity index (χ4v) is 0.531. The maximum absolute atomic E-state index is 9.84. The Hall–Kier alpha value is -0.550.